The number of nitrogens with one attached hydrogen (secondary N) is 1. The summed E-state index contributed by atoms with van der Waals surface area (Å²) < 4.78 is 5.15. The molecule has 0 spiro atoms. The van der Waals surface area contributed by atoms with Crippen molar-refractivity contribution in [1.29, 1.82) is 0 Å². The first-order chi connectivity index (χ1) is 13.1. The third kappa shape index (κ3) is 5.83. The van der Waals surface area contributed by atoms with Crippen LogP contribution in [0.15, 0.2) is 48.5 Å². The maximum Gasteiger partial charge on any atom is 0.224 e. The Morgan fingerprint density at radius 2 is 1.78 bits per heavy atom. The minimum absolute atomic E-state index is 0.0446. The number of carbonyl (C=O) groups is 1. The third-order valence-electron chi connectivity index (χ3n) is 5.36. The SMILES string of the molecule is COc1ccc(CCC(=O)Nc2ccc(CN3CCCCC3C)cc2)cc1. The van der Waals surface area contributed by atoms with Crippen LogP contribution in [-0.4, -0.2) is 30.5 Å². The Balaban J connectivity index is 1.46. The molecule has 1 amide bonds. The van der Waals surface area contributed by atoms with Crippen LogP contribution in [0.2, 0.25) is 0 Å². The predicted molar refractivity (Wildman–Crippen MR) is 110 cm³/mol. The molecule has 1 saturated heterocycles. The van der Waals surface area contributed by atoms with Gasteiger partial charge in [-0.1, -0.05) is 30.7 Å². The number of rotatable bonds is 7. The van der Waals surface area contributed by atoms with Gasteiger partial charge in [-0.25, -0.2) is 0 Å². The predicted octanol–water partition coefficient (Wildman–Crippen LogP) is 4.64. The summed E-state index contributed by atoms with van der Waals surface area (Å²) in [4.78, 5) is 14.8. The average Bonchev–Trinajstić information content (AvgIpc) is 2.70. The zero-order valence-electron chi connectivity index (χ0n) is 16.4. The molecular weight excluding hydrogens is 336 g/mol. The Kier molecular flexibility index (Phi) is 6.88. The molecule has 0 radical (unpaired) electrons. The summed E-state index contributed by atoms with van der Waals surface area (Å²) in [6, 6.07) is 16.8. The second kappa shape index (κ2) is 9.56. The van der Waals surface area contributed by atoms with E-state index in [0.717, 1.165) is 30.0 Å². The van der Waals surface area contributed by atoms with Gasteiger partial charge in [0.1, 0.15) is 5.75 Å². The van der Waals surface area contributed by atoms with Crippen molar-refractivity contribution in [2.75, 3.05) is 19.0 Å². The van der Waals surface area contributed by atoms with E-state index in [2.05, 4.69) is 29.3 Å². The summed E-state index contributed by atoms with van der Waals surface area (Å²) in [7, 11) is 1.65. The smallest absolute Gasteiger partial charge is 0.224 e. The van der Waals surface area contributed by atoms with Crippen LogP contribution in [0.25, 0.3) is 0 Å². The van der Waals surface area contributed by atoms with Crippen molar-refractivity contribution >= 4 is 11.6 Å². The van der Waals surface area contributed by atoms with E-state index in [1.54, 1.807) is 7.11 Å². The highest BCUT2D eigenvalue weighted by molar-refractivity contribution is 5.90. The molecule has 3 rings (SSSR count). The minimum Gasteiger partial charge on any atom is -0.497 e. The number of carbonyl (C=O) groups excluding carboxylic acids is 1. The van der Waals surface area contributed by atoms with Gasteiger partial charge in [-0.3, -0.25) is 9.69 Å². The van der Waals surface area contributed by atoms with Crippen molar-refractivity contribution in [1.82, 2.24) is 4.90 Å². The number of methoxy groups -OCH3 is 1. The summed E-state index contributed by atoms with van der Waals surface area (Å²) in [5.41, 5.74) is 3.31. The summed E-state index contributed by atoms with van der Waals surface area (Å²) in [6.07, 6.45) is 5.13. The van der Waals surface area contributed by atoms with Gasteiger partial charge in [0.25, 0.3) is 0 Å². The minimum atomic E-state index is 0.0446. The molecular formula is C23H30N2O2. The van der Waals surface area contributed by atoms with Crippen molar-refractivity contribution in [2.45, 2.75) is 51.6 Å². The Bertz CT molecular complexity index is 725. The van der Waals surface area contributed by atoms with Gasteiger partial charge in [0.2, 0.25) is 5.91 Å². The molecule has 0 bridgehead atoms. The lowest BCUT2D eigenvalue weighted by atomic mass is 10.0. The van der Waals surface area contributed by atoms with Crippen molar-refractivity contribution in [3.05, 3.63) is 59.7 Å². The fraction of sp³-hybridized carbons (Fsp3) is 0.435. The van der Waals surface area contributed by atoms with Gasteiger partial charge in [0, 0.05) is 24.7 Å². The van der Waals surface area contributed by atoms with E-state index in [4.69, 9.17) is 4.74 Å². The lowest BCUT2D eigenvalue weighted by molar-refractivity contribution is -0.116. The number of aryl methyl sites for hydroxylation is 1. The number of benzene rings is 2. The number of ether oxygens (including phenoxy) is 1. The van der Waals surface area contributed by atoms with Crippen LogP contribution in [0.1, 0.15) is 43.7 Å². The maximum atomic E-state index is 12.2. The second-order valence-electron chi connectivity index (χ2n) is 7.41. The van der Waals surface area contributed by atoms with E-state index in [9.17, 15) is 4.79 Å². The van der Waals surface area contributed by atoms with Gasteiger partial charge in [-0.2, -0.15) is 0 Å². The number of hydrogen-bond acceptors (Lipinski definition) is 3. The molecule has 1 unspecified atom stereocenters. The summed E-state index contributed by atoms with van der Waals surface area (Å²) in [5, 5.41) is 3.00. The average molecular weight is 367 g/mol. The Hall–Kier alpha value is -2.33. The Labute approximate surface area is 162 Å². The van der Waals surface area contributed by atoms with Gasteiger partial charge >= 0.3 is 0 Å². The van der Waals surface area contributed by atoms with Crippen LogP contribution in [0.4, 0.5) is 5.69 Å². The zero-order valence-corrected chi connectivity index (χ0v) is 16.4. The topological polar surface area (TPSA) is 41.6 Å². The standard InChI is InChI=1S/C23H30N2O2/c1-18-5-3-4-16-25(18)17-20-6-11-21(12-7-20)24-23(26)15-10-19-8-13-22(27-2)14-9-19/h6-9,11-14,18H,3-5,10,15-17H2,1-2H3,(H,24,26). The lowest BCUT2D eigenvalue weighted by Crippen LogP contribution is -2.36. The van der Waals surface area contributed by atoms with Gasteiger partial charge in [0.15, 0.2) is 0 Å². The van der Waals surface area contributed by atoms with E-state index in [1.165, 1.54) is 31.4 Å². The molecule has 2 aromatic carbocycles. The highest BCUT2D eigenvalue weighted by atomic mass is 16.5. The van der Waals surface area contributed by atoms with Crippen LogP contribution >= 0.6 is 0 Å². The summed E-state index contributed by atoms with van der Waals surface area (Å²) in [5.74, 6) is 0.880. The first kappa shape index (κ1) is 19.4. The molecule has 0 aliphatic carbocycles. The Morgan fingerprint density at radius 3 is 2.44 bits per heavy atom. The van der Waals surface area contributed by atoms with E-state index >= 15 is 0 Å². The number of likely N-dealkylation sites (tertiary alicyclic amines) is 1. The number of nitrogens with zero attached hydrogens (tertiary/aromatic N) is 1. The van der Waals surface area contributed by atoms with E-state index in [0.29, 0.717) is 12.5 Å². The van der Waals surface area contributed by atoms with Crippen molar-refractivity contribution in [3.8, 4) is 5.75 Å². The van der Waals surface area contributed by atoms with Crippen LogP contribution < -0.4 is 10.1 Å². The molecule has 0 saturated carbocycles. The van der Waals surface area contributed by atoms with Gasteiger partial charge < -0.3 is 10.1 Å². The Morgan fingerprint density at radius 1 is 1.07 bits per heavy atom. The van der Waals surface area contributed by atoms with E-state index in [1.807, 2.05) is 36.4 Å². The molecule has 1 heterocycles. The van der Waals surface area contributed by atoms with Crippen molar-refractivity contribution in [2.24, 2.45) is 0 Å². The van der Waals surface area contributed by atoms with Crippen molar-refractivity contribution < 1.29 is 9.53 Å². The summed E-state index contributed by atoms with van der Waals surface area (Å²) >= 11 is 0. The van der Waals surface area contributed by atoms with Crippen LogP contribution in [0.5, 0.6) is 5.75 Å². The fourth-order valence-electron chi connectivity index (χ4n) is 3.59. The molecule has 4 nitrogen and oxygen atoms in total. The normalized spacial score (nSPS) is 17.5. The number of hydrogen-bond donors (Lipinski definition) is 1. The third-order valence-corrected chi connectivity index (χ3v) is 5.36. The molecule has 1 aliphatic heterocycles. The van der Waals surface area contributed by atoms with Gasteiger partial charge in [-0.15, -0.1) is 0 Å². The van der Waals surface area contributed by atoms with Crippen LogP contribution in [0, 0.1) is 0 Å². The molecule has 1 fully saturated rings. The van der Waals surface area contributed by atoms with E-state index < -0.39 is 0 Å². The molecule has 0 aromatic heterocycles. The van der Waals surface area contributed by atoms with Gasteiger partial charge in [0.05, 0.1) is 7.11 Å². The number of piperidine rings is 1. The molecule has 4 heteroatoms. The largest absolute Gasteiger partial charge is 0.497 e. The molecule has 1 atom stereocenters. The molecule has 1 aliphatic rings. The maximum absolute atomic E-state index is 12.2. The highest BCUT2D eigenvalue weighted by Gasteiger charge is 2.17. The first-order valence-electron chi connectivity index (χ1n) is 9.90. The van der Waals surface area contributed by atoms with Crippen LogP contribution in [-0.2, 0) is 17.8 Å². The zero-order chi connectivity index (χ0) is 19.1. The molecule has 144 valence electrons. The monoisotopic (exact) mass is 366 g/mol. The van der Waals surface area contributed by atoms with Crippen LogP contribution in [0.3, 0.4) is 0 Å². The first-order valence-corrected chi connectivity index (χ1v) is 9.90. The molecule has 2 aromatic rings. The lowest BCUT2D eigenvalue weighted by Gasteiger charge is -2.33. The van der Waals surface area contributed by atoms with Gasteiger partial charge in [-0.05, 0) is 68.1 Å². The highest BCUT2D eigenvalue weighted by Crippen LogP contribution is 2.20. The molecule has 27 heavy (non-hydrogen) atoms. The molecule has 1 N–H and O–H groups in total. The quantitative estimate of drug-likeness (QED) is 0.776. The second-order valence-corrected chi connectivity index (χ2v) is 7.41. The number of amides is 1. The number of anilines is 1. The summed E-state index contributed by atoms with van der Waals surface area (Å²) in [6.45, 7) is 4.49. The fourth-order valence-corrected chi connectivity index (χ4v) is 3.59. The van der Waals surface area contributed by atoms with Crippen molar-refractivity contribution in [3.63, 3.8) is 0 Å². The van der Waals surface area contributed by atoms with E-state index in [-0.39, 0.29) is 5.91 Å².